The Kier molecular flexibility index (Phi) is 5.05. The summed E-state index contributed by atoms with van der Waals surface area (Å²) in [4.78, 5) is 0. The van der Waals surface area contributed by atoms with Crippen LogP contribution in [0.4, 0.5) is 0 Å². The van der Waals surface area contributed by atoms with E-state index in [1.807, 2.05) is 12.1 Å². The van der Waals surface area contributed by atoms with Gasteiger partial charge in [-0.25, -0.2) is 0 Å². The zero-order chi connectivity index (χ0) is 19.5. The van der Waals surface area contributed by atoms with Crippen molar-refractivity contribution in [3.05, 3.63) is 45.6 Å². The molecule has 0 radical (unpaired) electrons. The lowest BCUT2D eigenvalue weighted by molar-refractivity contribution is 0.551. The normalized spacial score (nSPS) is 21.9. The van der Waals surface area contributed by atoms with Crippen LogP contribution in [0.2, 0.25) is 0 Å². The molecule has 26 heavy (non-hydrogen) atoms. The van der Waals surface area contributed by atoms with Crippen molar-refractivity contribution in [2.24, 2.45) is 10.8 Å². The number of rotatable bonds is 4. The summed E-state index contributed by atoms with van der Waals surface area (Å²) in [6, 6.07) is 16.4. The van der Waals surface area contributed by atoms with Crippen LogP contribution in [-0.4, -0.2) is 6.04 Å². The molecule has 1 fully saturated rings. The lowest BCUT2D eigenvalue weighted by Crippen LogP contribution is -2.31. The van der Waals surface area contributed by atoms with Gasteiger partial charge in [0.1, 0.15) is 23.1 Å². The molecule has 1 aliphatic carbocycles. The third kappa shape index (κ3) is 2.50. The molecule has 1 aliphatic rings. The van der Waals surface area contributed by atoms with Gasteiger partial charge in [-0.3, -0.25) is 0 Å². The van der Waals surface area contributed by atoms with Gasteiger partial charge in [0.15, 0.2) is 5.41 Å². The van der Waals surface area contributed by atoms with E-state index in [9.17, 15) is 26.3 Å². The number of benzene rings is 1. The van der Waals surface area contributed by atoms with Gasteiger partial charge in [-0.2, -0.15) is 26.3 Å². The zero-order valence-corrected chi connectivity index (χ0v) is 15.7. The van der Waals surface area contributed by atoms with E-state index in [1.165, 1.54) is 0 Å². The fourth-order valence-corrected chi connectivity index (χ4v) is 3.77. The number of hydrogen-bond donors (Lipinski definition) is 1. The van der Waals surface area contributed by atoms with E-state index in [-0.39, 0.29) is 17.3 Å². The molecule has 0 heterocycles. The molecule has 1 aromatic rings. The summed E-state index contributed by atoms with van der Waals surface area (Å²) in [5.74, 6) is -0.787. The van der Waals surface area contributed by atoms with Crippen LogP contribution in [0.25, 0.3) is 0 Å². The van der Waals surface area contributed by atoms with Crippen molar-refractivity contribution in [2.45, 2.75) is 25.8 Å². The lowest BCUT2D eigenvalue weighted by atomic mass is 9.89. The average molecular weight is 405 g/mol. The maximum absolute atomic E-state index is 10.0. The third-order valence-corrected chi connectivity index (χ3v) is 4.91. The first kappa shape index (κ1) is 19.0. The van der Waals surface area contributed by atoms with Gasteiger partial charge in [0.25, 0.3) is 0 Å². The molecule has 0 aromatic heterocycles. The van der Waals surface area contributed by atoms with E-state index in [0.717, 1.165) is 4.47 Å². The van der Waals surface area contributed by atoms with Gasteiger partial charge < -0.3 is 5.32 Å². The van der Waals surface area contributed by atoms with Crippen LogP contribution < -0.4 is 5.32 Å². The van der Waals surface area contributed by atoms with E-state index >= 15 is 0 Å². The van der Waals surface area contributed by atoms with Gasteiger partial charge in [-0.05, 0) is 31.5 Å². The molecule has 0 saturated heterocycles. The Hall–Kier alpha value is -3.31. The predicted octanol–water partition coefficient (Wildman–Crippen LogP) is 3.39. The van der Waals surface area contributed by atoms with Crippen LogP contribution in [0, 0.1) is 67.5 Å². The maximum Gasteiger partial charge on any atom is 0.177 e. The van der Waals surface area contributed by atoms with Crippen molar-refractivity contribution in [1.29, 1.82) is 26.3 Å². The molecule has 0 spiro atoms. The highest BCUT2D eigenvalue weighted by Crippen LogP contribution is 2.76. The van der Waals surface area contributed by atoms with Crippen LogP contribution in [-0.2, 0) is 0 Å². The molecule has 0 bridgehead atoms. The minimum Gasteiger partial charge on any atom is -0.383 e. The SMILES string of the molecule is CC(C)NC(=C(C#N)C#N)C1(C#N)C(c2cccc(Br)c2)C1(C#N)C#N. The Morgan fingerprint density at radius 3 is 2.12 bits per heavy atom. The standard InChI is InChI=1S/C19H13BrN6/c1-12(2)26-17(14(7-21)8-22)19(11-25)16(18(19,9-23)10-24)13-4-3-5-15(20)6-13/h3-6,12,16,26H,1-2H3. The van der Waals surface area contributed by atoms with Gasteiger partial charge in [0.2, 0.25) is 0 Å². The van der Waals surface area contributed by atoms with E-state index in [2.05, 4.69) is 27.3 Å². The predicted molar refractivity (Wildman–Crippen MR) is 95.1 cm³/mol. The minimum absolute atomic E-state index is 0.0353. The van der Waals surface area contributed by atoms with Gasteiger partial charge in [0.05, 0.1) is 23.9 Å². The highest BCUT2D eigenvalue weighted by molar-refractivity contribution is 9.10. The van der Waals surface area contributed by atoms with Crippen LogP contribution >= 0.6 is 15.9 Å². The van der Waals surface area contributed by atoms with Crippen molar-refractivity contribution < 1.29 is 0 Å². The maximum atomic E-state index is 10.0. The molecule has 126 valence electrons. The fraction of sp³-hybridized carbons (Fsp3) is 0.316. The molecule has 1 saturated carbocycles. The number of nitriles is 5. The number of nitrogens with zero attached hydrogens (tertiary/aromatic N) is 5. The van der Waals surface area contributed by atoms with Crippen molar-refractivity contribution >= 4 is 15.9 Å². The summed E-state index contributed by atoms with van der Waals surface area (Å²) in [6.07, 6.45) is 0. The lowest BCUT2D eigenvalue weighted by Gasteiger charge is -2.20. The number of allylic oxidation sites excluding steroid dienone is 2. The fourth-order valence-electron chi connectivity index (χ4n) is 3.35. The second kappa shape index (κ2) is 6.90. The topological polar surface area (TPSA) is 131 Å². The van der Waals surface area contributed by atoms with E-state index in [4.69, 9.17) is 0 Å². The van der Waals surface area contributed by atoms with Crippen molar-refractivity contribution in [3.8, 4) is 30.3 Å². The Bertz CT molecular complexity index is 959. The van der Waals surface area contributed by atoms with Crippen LogP contribution in [0.3, 0.4) is 0 Å². The molecular weight excluding hydrogens is 392 g/mol. The van der Waals surface area contributed by atoms with Gasteiger partial charge in [-0.15, -0.1) is 0 Å². The Balaban J connectivity index is 2.84. The third-order valence-electron chi connectivity index (χ3n) is 4.42. The van der Waals surface area contributed by atoms with Gasteiger partial charge in [-0.1, -0.05) is 28.1 Å². The molecule has 0 amide bonds. The summed E-state index contributed by atoms with van der Waals surface area (Å²) in [7, 11) is 0. The minimum atomic E-state index is -1.70. The number of nitrogens with one attached hydrogen (secondary N) is 1. The largest absolute Gasteiger partial charge is 0.383 e. The number of halogens is 1. The summed E-state index contributed by atoms with van der Waals surface area (Å²) >= 11 is 3.35. The molecule has 2 rings (SSSR count). The molecule has 6 nitrogen and oxygen atoms in total. The second-order valence-corrected chi connectivity index (χ2v) is 7.13. The van der Waals surface area contributed by atoms with Crippen LogP contribution in [0.1, 0.15) is 25.3 Å². The van der Waals surface area contributed by atoms with Gasteiger partial charge >= 0.3 is 0 Å². The van der Waals surface area contributed by atoms with E-state index < -0.39 is 16.7 Å². The first-order chi connectivity index (χ1) is 12.4. The Labute approximate surface area is 160 Å². The zero-order valence-electron chi connectivity index (χ0n) is 14.1. The summed E-state index contributed by atoms with van der Waals surface area (Å²) in [5, 5.41) is 51.3. The van der Waals surface area contributed by atoms with E-state index in [1.54, 1.807) is 50.3 Å². The van der Waals surface area contributed by atoms with Crippen molar-refractivity contribution in [3.63, 3.8) is 0 Å². The quantitative estimate of drug-likeness (QED) is 0.764. The average Bonchev–Trinajstić information content (AvgIpc) is 3.25. The molecule has 7 heteroatoms. The first-order valence-electron chi connectivity index (χ1n) is 7.69. The molecule has 1 aromatic carbocycles. The molecule has 2 atom stereocenters. The van der Waals surface area contributed by atoms with Crippen molar-refractivity contribution in [1.82, 2.24) is 5.32 Å². The summed E-state index contributed by atoms with van der Waals surface area (Å²) in [6.45, 7) is 3.57. The van der Waals surface area contributed by atoms with E-state index in [0.29, 0.717) is 5.56 Å². The van der Waals surface area contributed by atoms with Crippen LogP contribution in [0.15, 0.2) is 40.0 Å². The monoisotopic (exact) mass is 404 g/mol. The highest BCUT2D eigenvalue weighted by atomic mass is 79.9. The molecule has 2 unspecified atom stereocenters. The molecule has 0 aliphatic heterocycles. The Morgan fingerprint density at radius 2 is 1.69 bits per heavy atom. The smallest absolute Gasteiger partial charge is 0.177 e. The second-order valence-electron chi connectivity index (χ2n) is 6.21. The number of hydrogen-bond acceptors (Lipinski definition) is 6. The molecular formula is C19H13BrN6. The van der Waals surface area contributed by atoms with Crippen LogP contribution in [0.5, 0.6) is 0 Å². The molecule has 1 N–H and O–H groups in total. The first-order valence-corrected chi connectivity index (χ1v) is 8.48. The summed E-state index contributed by atoms with van der Waals surface area (Å²) in [5.41, 5.74) is -2.97. The Morgan fingerprint density at radius 1 is 1.08 bits per heavy atom. The van der Waals surface area contributed by atoms with Gasteiger partial charge in [0, 0.05) is 16.4 Å². The summed E-state index contributed by atoms with van der Waals surface area (Å²) < 4.78 is 0.738. The van der Waals surface area contributed by atoms with Crippen molar-refractivity contribution in [2.75, 3.05) is 0 Å². The highest BCUT2D eigenvalue weighted by Gasteiger charge is 2.83.